The summed E-state index contributed by atoms with van der Waals surface area (Å²) >= 11 is 3.12. The molecule has 0 atom stereocenters. The van der Waals surface area contributed by atoms with E-state index in [2.05, 4.69) is 48.5 Å². The van der Waals surface area contributed by atoms with Gasteiger partial charge in [-0.05, 0) is 58.7 Å². The first-order valence-corrected chi connectivity index (χ1v) is 18.6. The molecule has 8 rings (SSSR count). The van der Waals surface area contributed by atoms with Crippen LogP contribution in [0.4, 0.5) is 0 Å². The van der Waals surface area contributed by atoms with E-state index < -0.39 is 0 Å². The summed E-state index contributed by atoms with van der Waals surface area (Å²) in [6.45, 7) is 1.75. The second kappa shape index (κ2) is 15.9. The predicted molar refractivity (Wildman–Crippen MR) is 209 cm³/mol. The van der Waals surface area contributed by atoms with Gasteiger partial charge in [-0.2, -0.15) is 0 Å². The van der Waals surface area contributed by atoms with Gasteiger partial charge in [0.25, 0.3) is 0 Å². The van der Waals surface area contributed by atoms with Gasteiger partial charge in [-0.25, -0.2) is 9.97 Å². The van der Waals surface area contributed by atoms with Gasteiger partial charge in [-0.3, -0.25) is 0 Å². The molecule has 6 aromatic carbocycles. The molecule has 0 saturated carbocycles. The van der Waals surface area contributed by atoms with Gasteiger partial charge in [-0.1, -0.05) is 144 Å². The van der Waals surface area contributed by atoms with Crippen LogP contribution in [-0.2, 0) is 26.4 Å². The highest BCUT2D eigenvalue weighted by Gasteiger charge is 2.17. The Labute approximate surface area is 310 Å². The molecule has 0 spiro atoms. The van der Waals surface area contributed by atoms with Crippen molar-refractivity contribution in [1.29, 1.82) is 0 Å². The Hall–Kier alpha value is -5.96. The Morgan fingerprint density at radius 2 is 0.654 bits per heavy atom. The van der Waals surface area contributed by atoms with Gasteiger partial charge in [0.1, 0.15) is 36.4 Å². The molecular formula is C44H34N2O4S2. The summed E-state index contributed by atoms with van der Waals surface area (Å²) in [6, 6.07) is 52.5. The first-order valence-electron chi connectivity index (χ1n) is 17.0. The topological polar surface area (TPSA) is 62.7 Å². The van der Waals surface area contributed by atoms with E-state index in [9.17, 15) is 0 Å². The molecule has 0 fully saturated rings. The monoisotopic (exact) mass is 718 g/mol. The quantitative estimate of drug-likeness (QED) is 0.112. The maximum atomic E-state index is 6.33. The van der Waals surface area contributed by atoms with Gasteiger partial charge in [0.2, 0.25) is 0 Å². The van der Waals surface area contributed by atoms with Crippen LogP contribution in [0.1, 0.15) is 22.3 Å². The van der Waals surface area contributed by atoms with Crippen molar-refractivity contribution < 1.29 is 18.9 Å². The molecule has 8 aromatic rings. The summed E-state index contributed by atoms with van der Waals surface area (Å²) in [5, 5.41) is 1.74. The number of benzene rings is 6. The van der Waals surface area contributed by atoms with Crippen molar-refractivity contribution in [2.24, 2.45) is 0 Å². The highest BCUT2D eigenvalue weighted by molar-refractivity contribution is 7.29. The van der Waals surface area contributed by atoms with Gasteiger partial charge in [0.15, 0.2) is 32.7 Å². The van der Waals surface area contributed by atoms with E-state index in [-0.39, 0.29) is 0 Å². The van der Waals surface area contributed by atoms with Crippen molar-refractivity contribution in [1.82, 2.24) is 9.97 Å². The highest BCUT2D eigenvalue weighted by atomic mass is 32.1. The molecule has 0 unspecified atom stereocenters. The van der Waals surface area contributed by atoms with Crippen LogP contribution in [0.5, 0.6) is 23.0 Å². The second-order valence-corrected chi connectivity index (χ2v) is 14.0. The minimum absolute atomic E-state index is 0.428. The molecule has 0 aliphatic carbocycles. The first-order chi connectivity index (χ1) is 25.7. The molecule has 0 aliphatic rings. The fourth-order valence-electron chi connectivity index (χ4n) is 5.58. The van der Waals surface area contributed by atoms with Crippen LogP contribution in [0.25, 0.3) is 30.8 Å². The third-order valence-corrected chi connectivity index (χ3v) is 10.4. The number of ether oxygens (including phenoxy) is 4. The minimum atomic E-state index is 0.428. The lowest BCUT2D eigenvalue weighted by Crippen LogP contribution is -2.01. The molecule has 0 bridgehead atoms. The molecule has 0 N–H and O–H groups in total. The van der Waals surface area contributed by atoms with Gasteiger partial charge in [0, 0.05) is 11.1 Å². The summed E-state index contributed by atoms with van der Waals surface area (Å²) in [4.78, 5) is 11.8. The lowest BCUT2D eigenvalue weighted by Gasteiger charge is -2.14. The van der Waals surface area contributed by atoms with Crippen LogP contribution in [0.3, 0.4) is 0 Å². The van der Waals surface area contributed by atoms with Crippen molar-refractivity contribution in [3.8, 4) is 44.1 Å². The lowest BCUT2D eigenvalue weighted by atomic mass is 10.2. The summed E-state index contributed by atoms with van der Waals surface area (Å²) < 4.78 is 25.1. The minimum Gasteiger partial charge on any atom is -0.485 e. The highest BCUT2D eigenvalue weighted by Crippen LogP contribution is 2.41. The zero-order chi connectivity index (χ0) is 35.0. The van der Waals surface area contributed by atoms with Crippen molar-refractivity contribution in [2.45, 2.75) is 26.4 Å². The van der Waals surface area contributed by atoms with E-state index in [1.807, 2.05) is 109 Å². The fraction of sp³-hybridized carbons (Fsp3) is 0.0909. The molecule has 52 heavy (non-hydrogen) atoms. The van der Waals surface area contributed by atoms with E-state index in [0.29, 0.717) is 49.4 Å². The van der Waals surface area contributed by atoms with Crippen LogP contribution >= 0.6 is 22.7 Å². The van der Waals surface area contributed by atoms with Crippen LogP contribution in [-0.4, -0.2) is 9.97 Å². The number of thiazole rings is 2. The molecule has 2 heterocycles. The average molecular weight is 719 g/mol. The predicted octanol–water partition coefficient (Wildman–Crippen LogP) is 11.4. The van der Waals surface area contributed by atoms with Crippen LogP contribution in [0, 0.1) is 0 Å². The molecule has 2 aromatic heterocycles. The van der Waals surface area contributed by atoms with Crippen LogP contribution in [0.2, 0.25) is 0 Å². The van der Waals surface area contributed by atoms with Gasteiger partial charge in [0.05, 0.1) is 0 Å². The molecule has 8 heteroatoms. The second-order valence-electron chi connectivity index (χ2n) is 12.1. The SMILES string of the molecule is c1ccc(COc2ccc(-c3nc4sc(-c5ccc(OCc6ccccc6)c(OCc6ccccc6)c5)nc4s3)cc2OCc2ccccc2)cc1. The van der Waals surface area contributed by atoms with Crippen LogP contribution in [0.15, 0.2) is 158 Å². The summed E-state index contributed by atoms with van der Waals surface area (Å²) in [5.41, 5.74) is 6.24. The Morgan fingerprint density at radius 1 is 0.346 bits per heavy atom. The number of aromatic nitrogens is 2. The zero-order valence-electron chi connectivity index (χ0n) is 28.2. The summed E-state index contributed by atoms with van der Waals surface area (Å²) in [6.07, 6.45) is 0. The normalized spacial score (nSPS) is 11.0. The molecule has 0 saturated heterocycles. The molecule has 256 valence electrons. The van der Waals surface area contributed by atoms with E-state index >= 15 is 0 Å². The van der Waals surface area contributed by atoms with Crippen LogP contribution < -0.4 is 18.9 Å². The van der Waals surface area contributed by atoms with Crippen molar-refractivity contribution in [3.63, 3.8) is 0 Å². The van der Waals surface area contributed by atoms with E-state index in [1.165, 1.54) is 0 Å². The maximum Gasteiger partial charge on any atom is 0.162 e. The van der Waals surface area contributed by atoms with E-state index in [4.69, 9.17) is 28.9 Å². The van der Waals surface area contributed by atoms with E-state index in [0.717, 1.165) is 53.1 Å². The molecule has 0 radical (unpaired) electrons. The summed E-state index contributed by atoms with van der Waals surface area (Å²) in [5.74, 6) is 2.71. The van der Waals surface area contributed by atoms with Gasteiger partial charge in [-0.15, -0.1) is 0 Å². The molecule has 0 aliphatic heterocycles. The van der Waals surface area contributed by atoms with Crippen molar-refractivity contribution in [2.75, 3.05) is 0 Å². The molecule has 6 nitrogen and oxygen atoms in total. The van der Waals surface area contributed by atoms with Gasteiger partial charge < -0.3 is 18.9 Å². The summed E-state index contributed by atoms with van der Waals surface area (Å²) in [7, 11) is 0. The molecule has 0 amide bonds. The Morgan fingerprint density at radius 3 is 0.981 bits per heavy atom. The Kier molecular flexibility index (Phi) is 10.2. The van der Waals surface area contributed by atoms with Crippen molar-refractivity contribution >= 4 is 32.3 Å². The van der Waals surface area contributed by atoms with E-state index in [1.54, 1.807) is 22.7 Å². The third-order valence-electron chi connectivity index (χ3n) is 8.31. The fourth-order valence-corrected chi connectivity index (χ4v) is 7.61. The largest absolute Gasteiger partial charge is 0.485 e. The van der Waals surface area contributed by atoms with Crippen molar-refractivity contribution in [3.05, 3.63) is 180 Å². The standard InChI is InChI=1S/C44H34N2O4S2/c1-5-13-31(14-6-1)27-47-37-23-21-35(25-39(37)49-29-33-17-9-3-10-18-33)41-45-43-44(51-41)46-42(52-43)36-22-24-38(48-28-32-15-7-2-8-16-32)40(26-36)50-30-34-19-11-4-12-20-34/h1-26H,27-30H2. The Bertz CT molecular complexity index is 2170. The third kappa shape index (κ3) is 8.15. The number of nitrogens with zero attached hydrogens (tertiary/aromatic N) is 2. The Balaban J connectivity index is 1.04. The number of hydrogen-bond acceptors (Lipinski definition) is 8. The average Bonchev–Trinajstić information content (AvgIpc) is 3.80. The smallest absolute Gasteiger partial charge is 0.162 e. The maximum absolute atomic E-state index is 6.33. The molecular weight excluding hydrogens is 685 g/mol. The number of rotatable bonds is 14. The lowest BCUT2D eigenvalue weighted by molar-refractivity contribution is 0.256. The van der Waals surface area contributed by atoms with Gasteiger partial charge >= 0.3 is 0 Å². The number of fused-ring (bicyclic) bond motifs is 1. The first kappa shape index (κ1) is 33.2. The number of hydrogen-bond donors (Lipinski definition) is 0. The zero-order valence-corrected chi connectivity index (χ0v) is 29.8.